The highest BCUT2D eigenvalue weighted by molar-refractivity contribution is 5.77. The predicted molar refractivity (Wildman–Crippen MR) is 159 cm³/mol. The van der Waals surface area contributed by atoms with Gasteiger partial charge in [-0.3, -0.25) is 9.69 Å². The number of pyridine rings is 1. The van der Waals surface area contributed by atoms with Crippen molar-refractivity contribution >= 4 is 23.6 Å². The normalized spacial score (nSPS) is 23.4. The lowest BCUT2D eigenvalue weighted by Crippen LogP contribution is -2.48. The summed E-state index contributed by atoms with van der Waals surface area (Å²) in [6, 6.07) is 5.62. The van der Waals surface area contributed by atoms with Crippen LogP contribution in [0.25, 0.3) is 0 Å². The highest BCUT2D eigenvalue weighted by atomic mass is 16.6. The second-order valence-corrected chi connectivity index (χ2v) is 12.9. The minimum atomic E-state index is -0.563. The molecule has 0 spiro atoms. The lowest BCUT2D eigenvalue weighted by molar-refractivity contribution is -0.159. The number of aromatic nitrogens is 1. The number of nitrogens with one attached hydrogen (secondary N) is 1. The fourth-order valence-electron chi connectivity index (χ4n) is 6.56. The van der Waals surface area contributed by atoms with E-state index in [2.05, 4.69) is 41.1 Å². The molecule has 224 valence electrons. The van der Waals surface area contributed by atoms with Crippen molar-refractivity contribution in [1.29, 1.82) is 0 Å². The van der Waals surface area contributed by atoms with E-state index in [0.717, 1.165) is 49.7 Å². The number of aryl methyl sites for hydroxylation is 1. The summed E-state index contributed by atoms with van der Waals surface area (Å²) < 4.78 is 11.0. The molecule has 3 aliphatic rings. The zero-order chi connectivity index (χ0) is 28.9. The minimum absolute atomic E-state index is 0.145. The van der Waals surface area contributed by atoms with E-state index in [4.69, 9.17) is 14.5 Å². The van der Waals surface area contributed by atoms with E-state index in [9.17, 15) is 9.59 Å². The molecule has 0 saturated carbocycles. The van der Waals surface area contributed by atoms with Gasteiger partial charge in [0.25, 0.3) is 0 Å². The number of ether oxygens (including phenoxy) is 2. The van der Waals surface area contributed by atoms with Crippen molar-refractivity contribution in [2.24, 2.45) is 5.41 Å². The third-order valence-electron chi connectivity index (χ3n) is 8.86. The molecule has 2 atom stereocenters. The summed E-state index contributed by atoms with van der Waals surface area (Å²) >= 11 is 0. The van der Waals surface area contributed by atoms with Crippen molar-refractivity contribution in [2.75, 3.05) is 56.1 Å². The summed E-state index contributed by atoms with van der Waals surface area (Å²) in [4.78, 5) is 37.3. The van der Waals surface area contributed by atoms with Gasteiger partial charge in [0.2, 0.25) is 0 Å². The second-order valence-electron chi connectivity index (χ2n) is 12.9. The van der Waals surface area contributed by atoms with E-state index in [1.807, 2.05) is 27.7 Å². The monoisotopic (exact) mass is 557 g/mol. The Morgan fingerprint density at radius 3 is 2.50 bits per heavy atom. The number of likely N-dealkylation sites (tertiary alicyclic amines) is 2. The van der Waals surface area contributed by atoms with Crippen molar-refractivity contribution in [2.45, 2.75) is 104 Å². The van der Waals surface area contributed by atoms with Crippen LogP contribution in [0.2, 0.25) is 0 Å². The molecule has 4 rings (SSSR count). The summed E-state index contributed by atoms with van der Waals surface area (Å²) in [5, 5.41) is 3.54. The van der Waals surface area contributed by atoms with Gasteiger partial charge in [-0.1, -0.05) is 0 Å². The number of rotatable bonds is 9. The van der Waals surface area contributed by atoms with Crippen LogP contribution in [-0.4, -0.2) is 90.4 Å². The highest BCUT2D eigenvalue weighted by Gasteiger charge is 2.43. The van der Waals surface area contributed by atoms with Gasteiger partial charge in [-0.15, -0.1) is 0 Å². The van der Waals surface area contributed by atoms with Crippen LogP contribution in [0.4, 0.5) is 16.3 Å². The molecule has 4 heterocycles. The van der Waals surface area contributed by atoms with E-state index in [-0.39, 0.29) is 12.1 Å². The first-order chi connectivity index (χ1) is 19.0. The number of anilines is 2. The summed E-state index contributed by atoms with van der Waals surface area (Å²) in [5.74, 6) is 0.920. The Labute approximate surface area is 241 Å². The largest absolute Gasteiger partial charge is 0.466 e. The molecule has 9 nitrogen and oxygen atoms in total. The van der Waals surface area contributed by atoms with Crippen LogP contribution in [-0.2, 0) is 14.3 Å². The van der Waals surface area contributed by atoms with Crippen LogP contribution in [0.3, 0.4) is 0 Å². The molecule has 1 amide bonds. The first-order valence-corrected chi connectivity index (χ1v) is 15.4. The number of hydrogen-bond acceptors (Lipinski definition) is 8. The van der Waals surface area contributed by atoms with Crippen LogP contribution in [0.1, 0.15) is 85.3 Å². The lowest BCUT2D eigenvalue weighted by atomic mass is 9.74. The predicted octanol–water partition coefficient (Wildman–Crippen LogP) is 5.23. The number of carbonyl (C=O) groups excluding carboxylic acids is 2. The minimum Gasteiger partial charge on any atom is -0.466 e. The van der Waals surface area contributed by atoms with Gasteiger partial charge in [0, 0.05) is 44.8 Å². The van der Waals surface area contributed by atoms with Gasteiger partial charge in [0.15, 0.2) is 0 Å². The first kappa shape index (κ1) is 30.4. The molecular formula is C31H51N5O4. The molecule has 1 aromatic rings. The molecule has 3 aliphatic heterocycles. The van der Waals surface area contributed by atoms with E-state index in [0.29, 0.717) is 44.6 Å². The molecule has 9 heteroatoms. The Morgan fingerprint density at radius 2 is 1.88 bits per heavy atom. The Bertz CT molecular complexity index is 1020. The van der Waals surface area contributed by atoms with Crippen molar-refractivity contribution in [3.05, 3.63) is 17.8 Å². The van der Waals surface area contributed by atoms with Gasteiger partial charge in [-0.05, 0) is 105 Å². The van der Waals surface area contributed by atoms with Crippen LogP contribution in [0.5, 0.6) is 0 Å². The molecule has 0 aliphatic carbocycles. The van der Waals surface area contributed by atoms with E-state index in [1.54, 1.807) is 4.90 Å². The zero-order valence-electron chi connectivity index (χ0n) is 25.6. The van der Waals surface area contributed by atoms with E-state index in [1.165, 1.54) is 25.8 Å². The van der Waals surface area contributed by atoms with Gasteiger partial charge >= 0.3 is 12.1 Å². The fourth-order valence-corrected chi connectivity index (χ4v) is 6.56. The average molecular weight is 558 g/mol. The number of nitrogens with zero attached hydrogens (tertiary/aromatic N) is 4. The summed E-state index contributed by atoms with van der Waals surface area (Å²) in [7, 11) is 0. The first-order valence-electron chi connectivity index (χ1n) is 15.4. The van der Waals surface area contributed by atoms with Crippen LogP contribution in [0, 0.1) is 12.3 Å². The smallest absolute Gasteiger partial charge is 0.410 e. The molecule has 40 heavy (non-hydrogen) atoms. The molecule has 0 aromatic carbocycles. The van der Waals surface area contributed by atoms with Crippen molar-refractivity contribution in [3.8, 4) is 0 Å². The Morgan fingerprint density at radius 1 is 1.12 bits per heavy atom. The third-order valence-corrected chi connectivity index (χ3v) is 8.86. The zero-order valence-corrected chi connectivity index (χ0v) is 25.6. The van der Waals surface area contributed by atoms with Crippen LogP contribution >= 0.6 is 0 Å². The number of piperidine rings is 1. The third kappa shape index (κ3) is 7.39. The SMILES string of the molecule is CCOC(=O)C1(CCCNc2ccc(N3CC[C@@H](N4CCC[C@@H]4C)C3)nc2C)CCN(C(=O)OC(C)(C)C)CC1. The summed E-state index contributed by atoms with van der Waals surface area (Å²) in [5.41, 5.74) is 0.943. The van der Waals surface area contributed by atoms with E-state index < -0.39 is 11.0 Å². The van der Waals surface area contributed by atoms with Crippen molar-refractivity contribution in [3.63, 3.8) is 0 Å². The topological polar surface area (TPSA) is 87.2 Å². The lowest BCUT2D eigenvalue weighted by Gasteiger charge is -2.40. The van der Waals surface area contributed by atoms with Gasteiger partial charge in [0.05, 0.1) is 23.4 Å². The molecule has 0 unspecified atom stereocenters. The Hall–Kier alpha value is -2.55. The summed E-state index contributed by atoms with van der Waals surface area (Å²) in [6.07, 6.45) is 6.27. The molecule has 0 radical (unpaired) electrons. The maximum Gasteiger partial charge on any atom is 0.410 e. The quantitative estimate of drug-likeness (QED) is 0.326. The average Bonchev–Trinajstić information content (AvgIpc) is 3.56. The molecule has 0 bridgehead atoms. The maximum atomic E-state index is 13.0. The van der Waals surface area contributed by atoms with Gasteiger partial charge < -0.3 is 24.6 Å². The highest BCUT2D eigenvalue weighted by Crippen LogP contribution is 2.38. The maximum absolute atomic E-state index is 13.0. The molecule has 3 saturated heterocycles. The summed E-state index contributed by atoms with van der Waals surface area (Å²) in [6.45, 7) is 17.3. The molecule has 1 aromatic heterocycles. The fraction of sp³-hybridized carbons (Fsp3) is 0.774. The number of esters is 1. The van der Waals surface area contributed by atoms with Crippen LogP contribution < -0.4 is 10.2 Å². The standard InChI is InChI=1S/C31H51N5O4/c1-7-39-28(37)31(15-20-34(21-16-31)29(38)40-30(4,5)6)14-9-17-32-26-11-12-27(33-24(26)3)35-19-13-25(22-35)36-18-8-10-23(36)2/h11-12,23,25,32H,7-10,13-22H2,1-6H3/t23-,25+/m0/s1. The van der Waals surface area contributed by atoms with Gasteiger partial charge in [0.1, 0.15) is 11.4 Å². The number of hydrogen-bond donors (Lipinski definition) is 1. The van der Waals surface area contributed by atoms with Crippen LogP contribution in [0.15, 0.2) is 12.1 Å². The number of carbonyl (C=O) groups is 2. The molecular weight excluding hydrogens is 506 g/mol. The Balaban J connectivity index is 1.28. The number of amides is 1. The van der Waals surface area contributed by atoms with Gasteiger partial charge in [-0.2, -0.15) is 0 Å². The Kier molecular flexibility index (Phi) is 9.85. The second kappa shape index (κ2) is 13.0. The molecule has 3 fully saturated rings. The van der Waals surface area contributed by atoms with Crippen molar-refractivity contribution < 1.29 is 19.1 Å². The van der Waals surface area contributed by atoms with Crippen molar-refractivity contribution in [1.82, 2.24) is 14.8 Å². The van der Waals surface area contributed by atoms with Gasteiger partial charge in [-0.25, -0.2) is 9.78 Å². The molecule has 1 N–H and O–H groups in total. The van der Waals surface area contributed by atoms with E-state index >= 15 is 0 Å².